The highest BCUT2D eigenvalue weighted by atomic mass is 16.5. The molecule has 1 aromatic heterocycles. The van der Waals surface area contributed by atoms with Crippen LogP contribution >= 0.6 is 0 Å². The lowest BCUT2D eigenvalue weighted by molar-refractivity contribution is -0.117. The first-order chi connectivity index (χ1) is 15.1. The summed E-state index contributed by atoms with van der Waals surface area (Å²) in [5.74, 6) is 0.566. The SMILES string of the molecule is COc1ccccc1NC(=O)CN(Cc1ccco1)C(=O)c1ccc2ccccc2c1. The highest BCUT2D eigenvalue weighted by Gasteiger charge is 2.21. The Morgan fingerprint density at radius 3 is 2.48 bits per heavy atom. The van der Waals surface area contributed by atoms with E-state index in [2.05, 4.69) is 5.32 Å². The fourth-order valence-electron chi connectivity index (χ4n) is 3.41. The van der Waals surface area contributed by atoms with Crippen molar-refractivity contribution in [2.24, 2.45) is 0 Å². The maximum atomic E-state index is 13.3. The van der Waals surface area contributed by atoms with Gasteiger partial charge in [-0.15, -0.1) is 0 Å². The zero-order chi connectivity index (χ0) is 21.6. The third-order valence-corrected chi connectivity index (χ3v) is 4.93. The first-order valence-electron chi connectivity index (χ1n) is 9.87. The molecule has 3 aromatic carbocycles. The number of nitrogens with zero attached hydrogens (tertiary/aromatic N) is 1. The van der Waals surface area contributed by atoms with E-state index in [-0.39, 0.29) is 24.9 Å². The van der Waals surface area contributed by atoms with Crippen molar-refractivity contribution in [3.8, 4) is 5.75 Å². The van der Waals surface area contributed by atoms with Gasteiger partial charge in [-0.2, -0.15) is 0 Å². The van der Waals surface area contributed by atoms with Gasteiger partial charge in [0.25, 0.3) is 5.91 Å². The van der Waals surface area contributed by atoms with Crippen molar-refractivity contribution < 1.29 is 18.7 Å². The number of methoxy groups -OCH3 is 1. The fraction of sp³-hybridized carbons (Fsp3) is 0.120. The molecule has 4 aromatic rings. The summed E-state index contributed by atoms with van der Waals surface area (Å²) >= 11 is 0. The van der Waals surface area contributed by atoms with Gasteiger partial charge in [-0.3, -0.25) is 9.59 Å². The lowest BCUT2D eigenvalue weighted by atomic mass is 10.1. The van der Waals surface area contributed by atoms with E-state index in [0.717, 1.165) is 10.8 Å². The molecule has 6 heteroatoms. The summed E-state index contributed by atoms with van der Waals surface area (Å²) < 4.78 is 10.7. The van der Waals surface area contributed by atoms with Crippen molar-refractivity contribution in [1.82, 2.24) is 4.90 Å². The van der Waals surface area contributed by atoms with E-state index in [1.807, 2.05) is 42.5 Å². The summed E-state index contributed by atoms with van der Waals surface area (Å²) in [6.45, 7) is 0.0441. The van der Waals surface area contributed by atoms with E-state index < -0.39 is 0 Å². The van der Waals surface area contributed by atoms with Crippen molar-refractivity contribution >= 4 is 28.3 Å². The second-order valence-corrected chi connectivity index (χ2v) is 7.05. The molecule has 0 bridgehead atoms. The minimum Gasteiger partial charge on any atom is -0.495 e. The van der Waals surface area contributed by atoms with Crippen LogP contribution in [0.1, 0.15) is 16.1 Å². The molecular formula is C25H22N2O4. The normalized spacial score (nSPS) is 10.6. The van der Waals surface area contributed by atoms with E-state index in [1.165, 1.54) is 12.0 Å². The summed E-state index contributed by atoms with van der Waals surface area (Å²) in [5, 5.41) is 4.83. The van der Waals surface area contributed by atoms with Crippen molar-refractivity contribution in [3.05, 3.63) is 96.4 Å². The molecule has 2 amide bonds. The molecule has 4 rings (SSSR count). The van der Waals surface area contributed by atoms with Gasteiger partial charge in [-0.25, -0.2) is 0 Å². The van der Waals surface area contributed by atoms with Gasteiger partial charge < -0.3 is 19.4 Å². The van der Waals surface area contributed by atoms with Gasteiger partial charge in [0.05, 0.1) is 25.6 Å². The molecule has 0 saturated heterocycles. The molecule has 156 valence electrons. The summed E-state index contributed by atoms with van der Waals surface area (Å²) in [5.41, 5.74) is 1.06. The number of carbonyl (C=O) groups is 2. The van der Waals surface area contributed by atoms with Crippen molar-refractivity contribution in [2.75, 3.05) is 19.0 Å². The van der Waals surface area contributed by atoms with Crippen LogP contribution in [-0.2, 0) is 11.3 Å². The van der Waals surface area contributed by atoms with E-state index >= 15 is 0 Å². The maximum Gasteiger partial charge on any atom is 0.254 e. The third-order valence-electron chi connectivity index (χ3n) is 4.93. The van der Waals surface area contributed by atoms with Gasteiger partial charge in [0.15, 0.2) is 0 Å². The Labute approximate surface area is 180 Å². The topological polar surface area (TPSA) is 71.8 Å². The molecule has 0 atom stereocenters. The minimum atomic E-state index is -0.329. The van der Waals surface area contributed by atoms with Gasteiger partial charge in [0.1, 0.15) is 18.1 Å². The predicted octanol–water partition coefficient (Wildman–Crippen LogP) is 4.72. The van der Waals surface area contributed by atoms with Crippen LogP contribution in [0.3, 0.4) is 0 Å². The fourth-order valence-corrected chi connectivity index (χ4v) is 3.41. The van der Waals surface area contributed by atoms with Crippen LogP contribution in [0, 0.1) is 0 Å². The molecule has 31 heavy (non-hydrogen) atoms. The molecule has 1 heterocycles. The van der Waals surface area contributed by atoms with Crippen LogP contribution in [0.4, 0.5) is 5.69 Å². The number of para-hydroxylation sites is 2. The summed E-state index contributed by atoms with van der Waals surface area (Å²) in [6.07, 6.45) is 1.54. The van der Waals surface area contributed by atoms with Crippen LogP contribution in [-0.4, -0.2) is 30.4 Å². The second kappa shape index (κ2) is 9.17. The summed E-state index contributed by atoms with van der Waals surface area (Å²) in [7, 11) is 1.54. The average molecular weight is 414 g/mol. The largest absolute Gasteiger partial charge is 0.495 e. The number of hydrogen-bond donors (Lipinski definition) is 1. The molecular weight excluding hydrogens is 392 g/mol. The molecule has 0 aliphatic heterocycles. The number of ether oxygens (including phenoxy) is 1. The summed E-state index contributed by atoms with van der Waals surface area (Å²) in [4.78, 5) is 27.5. The Morgan fingerprint density at radius 2 is 1.71 bits per heavy atom. The predicted molar refractivity (Wildman–Crippen MR) is 119 cm³/mol. The first-order valence-corrected chi connectivity index (χ1v) is 9.87. The molecule has 0 saturated carbocycles. The van der Waals surface area contributed by atoms with Crippen LogP contribution in [0.25, 0.3) is 10.8 Å². The highest BCUT2D eigenvalue weighted by molar-refractivity contribution is 6.02. The third kappa shape index (κ3) is 4.75. The zero-order valence-electron chi connectivity index (χ0n) is 17.1. The Hall–Kier alpha value is -4.06. The number of hydrogen-bond acceptors (Lipinski definition) is 4. The number of anilines is 1. The van der Waals surface area contributed by atoms with Crippen molar-refractivity contribution in [3.63, 3.8) is 0 Å². The van der Waals surface area contributed by atoms with E-state index in [0.29, 0.717) is 22.8 Å². The zero-order valence-corrected chi connectivity index (χ0v) is 17.1. The van der Waals surface area contributed by atoms with Crippen LogP contribution in [0.2, 0.25) is 0 Å². The molecule has 6 nitrogen and oxygen atoms in total. The van der Waals surface area contributed by atoms with Gasteiger partial charge in [-0.1, -0.05) is 42.5 Å². The molecule has 0 spiro atoms. The van der Waals surface area contributed by atoms with Gasteiger partial charge in [0.2, 0.25) is 5.91 Å². The van der Waals surface area contributed by atoms with Gasteiger partial charge >= 0.3 is 0 Å². The Bertz CT molecular complexity index is 1200. The number of fused-ring (bicyclic) bond motifs is 1. The van der Waals surface area contributed by atoms with Crippen LogP contribution in [0.15, 0.2) is 89.5 Å². The van der Waals surface area contributed by atoms with Gasteiger partial charge in [-0.05, 0) is 47.2 Å². The molecule has 0 radical (unpaired) electrons. The Kier molecular flexibility index (Phi) is 5.98. The molecule has 0 unspecified atom stereocenters. The monoisotopic (exact) mass is 414 g/mol. The molecule has 0 fully saturated rings. The van der Waals surface area contributed by atoms with E-state index in [4.69, 9.17) is 9.15 Å². The molecule has 1 N–H and O–H groups in total. The highest BCUT2D eigenvalue weighted by Crippen LogP contribution is 2.23. The lowest BCUT2D eigenvalue weighted by Crippen LogP contribution is -2.37. The van der Waals surface area contributed by atoms with E-state index in [1.54, 1.807) is 42.7 Å². The number of rotatable bonds is 7. The Morgan fingerprint density at radius 1 is 0.935 bits per heavy atom. The molecule has 0 aliphatic carbocycles. The maximum absolute atomic E-state index is 13.3. The van der Waals surface area contributed by atoms with Crippen LogP contribution < -0.4 is 10.1 Å². The van der Waals surface area contributed by atoms with Gasteiger partial charge in [0, 0.05) is 5.56 Å². The number of benzene rings is 3. The lowest BCUT2D eigenvalue weighted by Gasteiger charge is -2.22. The number of amides is 2. The summed E-state index contributed by atoms with van der Waals surface area (Å²) in [6, 6.07) is 24.0. The Balaban J connectivity index is 1.57. The standard InChI is InChI=1S/C25H22N2O4/c1-30-23-11-5-4-10-22(23)26-24(28)17-27(16-21-9-6-14-31-21)25(29)20-13-12-18-7-2-3-8-19(18)15-20/h2-15H,16-17H2,1H3,(H,26,28). The molecule has 0 aliphatic rings. The van der Waals surface area contributed by atoms with Crippen molar-refractivity contribution in [2.45, 2.75) is 6.54 Å². The average Bonchev–Trinajstić information content (AvgIpc) is 3.31. The minimum absolute atomic E-state index is 0.135. The number of nitrogens with one attached hydrogen (secondary N) is 1. The first kappa shape index (κ1) is 20.2. The van der Waals surface area contributed by atoms with Crippen molar-refractivity contribution in [1.29, 1.82) is 0 Å². The quantitative estimate of drug-likeness (QED) is 0.475. The van der Waals surface area contributed by atoms with Crippen LogP contribution in [0.5, 0.6) is 5.75 Å². The smallest absolute Gasteiger partial charge is 0.254 e. The second-order valence-electron chi connectivity index (χ2n) is 7.05. The van der Waals surface area contributed by atoms with E-state index in [9.17, 15) is 9.59 Å². The number of carbonyl (C=O) groups excluding carboxylic acids is 2. The number of furan rings is 1.